The van der Waals surface area contributed by atoms with Crippen LogP contribution in [0.1, 0.15) is 12.5 Å². The van der Waals surface area contributed by atoms with Gasteiger partial charge < -0.3 is 10.1 Å². The molecule has 1 aromatic rings. The van der Waals surface area contributed by atoms with Gasteiger partial charge in [0.15, 0.2) is 0 Å². The van der Waals surface area contributed by atoms with Gasteiger partial charge in [-0.3, -0.25) is 4.79 Å². The van der Waals surface area contributed by atoms with Crippen molar-refractivity contribution in [1.29, 1.82) is 5.26 Å². The topological polar surface area (TPSA) is 62.1 Å². The fourth-order valence-corrected chi connectivity index (χ4v) is 1.11. The van der Waals surface area contributed by atoms with E-state index < -0.39 is 18.0 Å². The van der Waals surface area contributed by atoms with Crippen molar-refractivity contribution >= 4 is 11.6 Å². The second-order valence-electron chi connectivity index (χ2n) is 3.05. The van der Waals surface area contributed by atoms with Crippen LogP contribution in [-0.4, -0.2) is 12.3 Å². The second kappa shape index (κ2) is 4.74. The number of nitrogens with zero attached hydrogens (tertiary/aromatic N) is 1. The van der Waals surface area contributed by atoms with E-state index >= 15 is 0 Å². The Morgan fingerprint density at radius 2 is 2.12 bits per heavy atom. The molecule has 0 unspecified atom stereocenters. The molecule has 0 heterocycles. The molecule has 0 aliphatic heterocycles. The van der Waals surface area contributed by atoms with Crippen LogP contribution in [0.5, 0.6) is 5.75 Å². The number of halogens is 3. The van der Waals surface area contributed by atoms with Gasteiger partial charge in [0.05, 0.1) is 11.3 Å². The maximum Gasteiger partial charge on any atom is 0.573 e. The first-order valence-electron chi connectivity index (χ1n) is 4.39. The third kappa shape index (κ3) is 4.03. The molecule has 0 aliphatic rings. The first kappa shape index (κ1) is 12.8. The lowest BCUT2D eigenvalue weighted by Gasteiger charge is -2.10. The van der Waals surface area contributed by atoms with Crippen molar-refractivity contribution in [2.45, 2.75) is 13.3 Å². The summed E-state index contributed by atoms with van der Waals surface area (Å²) in [6.45, 7) is 1.22. The molecule has 4 nitrogen and oxygen atoms in total. The SMILES string of the molecule is CC(=O)Nc1ccc(OC(F)(F)F)cc1C#N. The zero-order valence-electron chi connectivity index (χ0n) is 8.63. The number of ether oxygens (including phenoxy) is 1. The van der Waals surface area contributed by atoms with Crippen LogP contribution < -0.4 is 10.1 Å². The van der Waals surface area contributed by atoms with E-state index in [-0.39, 0.29) is 11.3 Å². The molecule has 0 radical (unpaired) electrons. The number of hydrogen-bond donors (Lipinski definition) is 1. The van der Waals surface area contributed by atoms with Gasteiger partial charge in [0.2, 0.25) is 5.91 Å². The van der Waals surface area contributed by atoms with Crippen molar-refractivity contribution in [3.63, 3.8) is 0 Å². The number of nitrogens with one attached hydrogen (secondary N) is 1. The number of hydrogen-bond acceptors (Lipinski definition) is 3. The summed E-state index contributed by atoms with van der Waals surface area (Å²) in [7, 11) is 0. The number of rotatable bonds is 2. The lowest BCUT2D eigenvalue weighted by atomic mass is 10.2. The minimum Gasteiger partial charge on any atom is -0.406 e. The van der Waals surface area contributed by atoms with Crippen LogP contribution in [0.4, 0.5) is 18.9 Å². The highest BCUT2D eigenvalue weighted by Gasteiger charge is 2.31. The van der Waals surface area contributed by atoms with Gasteiger partial charge >= 0.3 is 6.36 Å². The summed E-state index contributed by atoms with van der Waals surface area (Å²) in [6, 6.07) is 4.75. The van der Waals surface area contributed by atoms with Crippen molar-refractivity contribution in [2.24, 2.45) is 0 Å². The summed E-state index contributed by atoms with van der Waals surface area (Å²) >= 11 is 0. The van der Waals surface area contributed by atoms with E-state index in [1.807, 2.05) is 0 Å². The minimum absolute atomic E-state index is 0.109. The molecule has 1 N–H and O–H groups in total. The number of carbonyl (C=O) groups is 1. The van der Waals surface area contributed by atoms with Crippen LogP contribution in [0.3, 0.4) is 0 Å². The predicted molar refractivity (Wildman–Crippen MR) is 52.1 cm³/mol. The van der Waals surface area contributed by atoms with Gasteiger partial charge in [0.25, 0.3) is 0 Å². The fourth-order valence-electron chi connectivity index (χ4n) is 1.11. The molecular weight excluding hydrogens is 237 g/mol. The highest BCUT2D eigenvalue weighted by molar-refractivity contribution is 5.90. The highest BCUT2D eigenvalue weighted by Crippen LogP contribution is 2.26. The summed E-state index contributed by atoms with van der Waals surface area (Å²) in [4.78, 5) is 10.8. The first-order valence-corrected chi connectivity index (χ1v) is 4.39. The monoisotopic (exact) mass is 244 g/mol. The summed E-state index contributed by atoms with van der Waals surface area (Å²) in [5, 5.41) is 11.0. The van der Waals surface area contributed by atoms with E-state index in [4.69, 9.17) is 5.26 Å². The van der Waals surface area contributed by atoms with Crippen molar-refractivity contribution < 1.29 is 22.7 Å². The first-order chi connectivity index (χ1) is 7.81. The van der Waals surface area contributed by atoms with Crippen LogP contribution in [-0.2, 0) is 4.79 Å². The van der Waals surface area contributed by atoms with E-state index in [0.717, 1.165) is 12.1 Å². The van der Waals surface area contributed by atoms with E-state index in [9.17, 15) is 18.0 Å². The molecule has 7 heteroatoms. The molecule has 1 aromatic carbocycles. The number of benzene rings is 1. The molecule has 0 atom stereocenters. The molecule has 0 saturated heterocycles. The molecular formula is C10H7F3N2O2. The van der Waals surface area contributed by atoms with Gasteiger partial charge in [0.1, 0.15) is 11.8 Å². The van der Waals surface area contributed by atoms with Gasteiger partial charge in [-0.1, -0.05) is 0 Å². The third-order valence-corrected chi connectivity index (χ3v) is 1.66. The average Bonchev–Trinajstić information content (AvgIpc) is 2.17. The van der Waals surface area contributed by atoms with Crippen molar-refractivity contribution in [3.05, 3.63) is 23.8 Å². The molecule has 0 aromatic heterocycles. The minimum atomic E-state index is -4.82. The van der Waals surface area contributed by atoms with E-state index in [1.54, 1.807) is 6.07 Å². The summed E-state index contributed by atoms with van der Waals surface area (Å²) < 4.78 is 39.4. The van der Waals surface area contributed by atoms with Gasteiger partial charge in [-0.05, 0) is 12.1 Å². The third-order valence-electron chi connectivity index (χ3n) is 1.66. The predicted octanol–water partition coefficient (Wildman–Crippen LogP) is 2.42. The zero-order valence-corrected chi connectivity index (χ0v) is 8.63. The van der Waals surface area contributed by atoms with Crippen LogP contribution >= 0.6 is 0 Å². The Hall–Kier alpha value is -2.23. The molecule has 17 heavy (non-hydrogen) atoms. The summed E-state index contributed by atoms with van der Waals surface area (Å²) in [6.07, 6.45) is -4.82. The molecule has 0 fully saturated rings. The fraction of sp³-hybridized carbons (Fsp3) is 0.200. The van der Waals surface area contributed by atoms with Crippen molar-refractivity contribution in [3.8, 4) is 11.8 Å². The Balaban J connectivity index is 3.01. The van der Waals surface area contributed by atoms with Crippen LogP contribution in [0.2, 0.25) is 0 Å². The van der Waals surface area contributed by atoms with Crippen LogP contribution in [0.25, 0.3) is 0 Å². The Bertz CT molecular complexity index is 477. The van der Waals surface area contributed by atoms with Gasteiger partial charge in [-0.15, -0.1) is 13.2 Å². The lowest BCUT2D eigenvalue weighted by molar-refractivity contribution is -0.274. The van der Waals surface area contributed by atoms with Crippen LogP contribution in [0, 0.1) is 11.3 Å². The number of anilines is 1. The molecule has 0 spiro atoms. The highest BCUT2D eigenvalue weighted by atomic mass is 19.4. The Kier molecular flexibility index (Phi) is 3.58. The van der Waals surface area contributed by atoms with Gasteiger partial charge in [-0.2, -0.15) is 5.26 Å². The molecule has 0 saturated carbocycles. The average molecular weight is 244 g/mol. The Labute approximate surface area is 94.6 Å². The lowest BCUT2D eigenvalue weighted by Crippen LogP contribution is -2.17. The molecule has 0 aliphatic carbocycles. The maximum atomic E-state index is 11.9. The van der Waals surface area contributed by atoms with E-state index in [2.05, 4.69) is 10.1 Å². The van der Waals surface area contributed by atoms with Crippen molar-refractivity contribution in [2.75, 3.05) is 5.32 Å². The largest absolute Gasteiger partial charge is 0.573 e. The second-order valence-corrected chi connectivity index (χ2v) is 3.05. The summed E-state index contributed by atoms with van der Waals surface area (Å²) in [5.41, 5.74) is 0.0245. The number of alkyl halides is 3. The standard InChI is InChI=1S/C10H7F3N2O2/c1-6(16)15-9-3-2-8(4-7(9)5-14)17-10(11,12)13/h2-4H,1H3,(H,15,16). The number of carbonyl (C=O) groups excluding carboxylic acids is 1. The van der Waals surface area contributed by atoms with E-state index in [1.165, 1.54) is 13.0 Å². The van der Waals surface area contributed by atoms with Gasteiger partial charge in [-0.25, -0.2) is 0 Å². The molecule has 1 amide bonds. The molecule has 0 bridgehead atoms. The van der Waals surface area contributed by atoms with Gasteiger partial charge in [0, 0.05) is 13.0 Å². The van der Waals surface area contributed by atoms with E-state index in [0.29, 0.717) is 0 Å². The zero-order chi connectivity index (χ0) is 13.1. The Morgan fingerprint density at radius 1 is 1.47 bits per heavy atom. The molecule has 1 rings (SSSR count). The summed E-state index contributed by atoms with van der Waals surface area (Å²) in [5.74, 6) is -0.936. The Morgan fingerprint density at radius 3 is 2.59 bits per heavy atom. The van der Waals surface area contributed by atoms with Crippen LogP contribution in [0.15, 0.2) is 18.2 Å². The normalized spacial score (nSPS) is 10.5. The molecule has 90 valence electrons. The van der Waals surface area contributed by atoms with Crippen molar-refractivity contribution in [1.82, 2.24) is 0 Å². The number of amides is 1. The smallest absolute Gasteiger partial charge is 0.406 e. The maximum absolute atomic E-state index is 11.9. The number of nitriles is 1. The quantitative estimate of drug-likeness (QED) is 0.868.